The van der Waals surface area contributed by atoms with Crippen LogP contribution in [0.5, 0.6) is 0 Å². The summed E-state index contributed by atoms with van der Waals surface area (Å²) >= 11 is 14.3. The molecule has 29 heavy (non-hydrogen) atoms. The lowest BCUT2D eigenvalue weighted by atomic mass is 9.52. The number of carbonyl (C=O) groups is 2. The molecule has 9 fully saturated rings. The Kier molecular flexibility index (Phi) is 3.41. The number of hydrogen-bond acceptors (Lipinski definition) is 2. The van der Waals surface area contributed by atoms with E-state index in [2.05, 4.69) is 0 Å². The van der Waals surface area contributed by atoms with Crippen LogP contribution >= 0.6 is 23.2 Å². The van der Waals surface area contributed by atoms with Crippen LogP contribution in [-0.4, -0.2) is 37.3 Å². The summed E-state index contributed by atoms with van der Waals surface area (Å²) < 4.78 is -1.52. The predicted octanol–water partition coefficient (Wildman–Crippen LogP) is 4.68. The van der Waals surface area contributed by atoms with Crippen molar-refractivity contribution in [2.24, 2.45) is 35.5 Å². The van der Waals surface area contributed by atoms with Gasteiger partial charge in [0.1, 0.15) is 0 Å². The normalized spacial score (nSPS) is 54.1. The zero-order valence-corrected chi connectivity index (χ0v) is 18.4. The highest BCUT2D eigenvalue weighted by molar-refractivity contribution is 6.55. The molecule has 0 spiro atoms. The molecule has 0 N–H and O–H groups in total. The van der Waals surface area contributed by atoms with Crippen molar-refractivity contribution in [1.82, 2.24) is 9.80 Å². The number of halogens is 2. The van der Waals surface area contributed by atoms with E-state index in [4.69, 9.17) is 23.2 Å². The summed E-state index contributed by atoms with van der Waals surface area (Å²) in [5.74, 6) is 3.16. The molecule has 0 aromatic carbocycles. The van der Waals surface area contributed by atoms with Crippen LogP contribution in [-0.2, 0) is 9.59 Å². The quantitative estimate of drug-likeness (QED) is 0.358. The van der Waals surface area contributed by atoms with Gasteiger partial charge in [0, 0.05) is 11.1 Å². The number of nitrogens with zero attached hydrogens (tertiary/aromatic N) is 2. The lowest BCUT2D eigenvalue weighted by molar-refractivity contribution is -0.153. The van der Waals surface area contributed by atoms with E-state index in [9.17, 15) is 9.59 Å². The molecule has 4 nitrogen and oxygen atoms in total. The van der Waals surface area contributed by atoms with Crippen molar-refractivity contribution in [1.29, 1.82) is 0 Å². The minimum absolute atomic E-state index is 0.304. The molecule has 0 aromatic heterocycles. The second-order valence-corrected chi connectivity index (χ2v) is 13.3. The standard InChI is InChI=1S/C23H30Cl2N2O2/c24-23(25)26(21-7-13-1-14(8-21)3-15(2-13)9-21)19(28)20(29)27(23)22-10-16-4-17(11-22)6-18(5-16)12-22/h13-18H,1-12H2. The zero-order chi connectivity index (χ0) is 19.8. The van der Waals surface area contributed by atoms with Gasteiger partial charge in [-0.1, -0.05) is 23.2 Å². The fourth-order valence-electron chi connectivity index (χ4n) is 10.2. The number of amides is 2. The molecule has 2 amide bonds. The molecule has 9 rings (SSSR count). The van der Waals surface area contributed by atoms with E-state index in [0.29, 0.717) is 35.5 Å². The van der Waals surface area contributed by atoms with Crippen LogP contribution < -0.4 is 0 Å². The Morgan fingerprint density at radius 2 is 0.793 bits per heavy atom. The lowest BCUT2D eigenvalue weighted by Gasteiger charge is -2.63. The molecule has 0 atom stereocenters. The number of alkyl halides is 2. The summed E-state index contributed by atoms with van der Waals surface area (Å²) in [6, 6.07) is 0. The van der Waals surface area contributed by atoms with Gasteiger partial charge in [0.25, 0.3) is 4.58 Å². The minimum atomic E-state index is -1.52. The van der Waals surface area contributed by atoms with Gasteiger partial charge in [-0.25, -0.2) is 0 Å². The van der Waals surface area contributed by atoms with Gasteiger partial charge in [-0.15, -0.1) is 0 Å². The molecule has 8 aliphatic carbocycles. The SMILES string of the molecule is O=C1C(=O)N(C23CC4CC(CC(C4)C2)C3)C(Cl)(Cl)N1C12CC3CC(CC(C3)C1)C2. The highest BCUT2D eigenvalue weighted by Crippen LogP contribution is 2.64. The van der Waals surface area contributed by atoms with Crippen LogP contribution in [0.2, 0.25) is 0 Å². The molecule has 9 aliphatic rings. The Balaban J connectivity index is 1.30. The molecular weight excluding hydrogens is 407 g/mol. The van der Waals surface area contributed by atoms with Crippen LogP contribution in [0, 0.1) is 35.5 Å². The van der Waals surface area contributed by atoms with Crippen LogP contribution in [0.25, 0.3) is 0 Å². The van der Waals surface area contributed by atoms with Crippen molar-refractivity contribution in [3.05, 3.63) is 0 Å². The molecule has 8 saturated carbocycles. The first-order valence-electron chi connectivity index (χ1n) is 11.8. The zero-order valence-electron chi connectivity index (χ0n) is 16.9. The molecule has 6 heteroatoms. The molecule has 0 radical (unpaired) electrons. The third-order valence-electron chi connectivity index (χ3n) is 10.1. The molecule has 1 heterocycles. The first-order chi connectivity index (χ1) is 13.8. The summed E-state index contributed by atoms with van der Waals surface area (Å²) in [6.45, 7) is 0. The number of rotatable bonds is 2. The van der Waals surface area contributed by atoms with E-state index in [0.717, 1.165) is 38.5 Å². The Hall–Kier alpha value is -0.480. The Labute approximate surface area is 182 Å². The molecular formula is C23H30Cl2N2O2. The maximum atomic E-state index is 13.5. The molecule has 1 aliphatic heterocycles. The largest absolute Gasteiger partial charge is 0.316 e. The van der Waals surface area contributed by atoms with Crippen LogP contribution in [0.3, 0.4) is 0 Å². The molecule has 1 saturated heterocycles. The highest BCUT2D eigenvalue weighted by atomic mass is 35.5. The fraction of sp³-hybridized carbons (Fsp3) is 0.913. The Morgan fingerprint density at radius 3 is 1.03 bits per heavy atom. The van der Waals surface area contributed by atoms with Gasteiger partial charge < -0.3 is 0 Å². The second-order valence-electron chi connectivity index (χ2n) is 12.1. The van der Waals surface area contributed by atoms with Gasteiger partial charge in [0.2, 0.25) is 0 Å². The van der Waals surface area contributed by atoms with Gasteiger partial charge in [-0.3, -0.25) is 19.4 Å². The van der Waals surface area contributed by atoms with E-state index >= 15 is 0 Å². The predicted molar refractivity (Wildman–Crippen MR) is 110 cm³/mol. The Morgan fingerprint density at radius 1 is 0.552 bits per heavy atom. The maximum absolute atomic E-state index is 13.5. The van der Waals surface area contributed by atoms with Gasteiger partial charge >= 0.3 is 11.8 Å². The lowest BCUT2D eigenvalue weighted by Crippen LogP contribution is -2.68. The van der Waals surface area contributed by atoms with Crippen molar-refractivity contribution in [3.63, 3.8) is 0 Å². The molecule has 0 aromatic rings. The van der Waals surface area contributed by atoms with Gasteiger partial charge in [0.05, 0.1) is 0 Å². The summed E-state index contributed by atoms with van der Waals surface area (Å²) in [4.78, 5) is 30.4. The van der Waals surface area contributed by atoms with Crippen molar-refractivity contribution >= 4 is 35.0 Å². The number of hydrogen-bond donors (Lipinski definition) is 0. The van der Waals surface area contributed by atoms with Crippen molar-refractivity contribution in [2.75, 3.05) is 0 Å². The first kappa shape index (κ1) is 18.1. The van der Waals surface area contributed by atoms with Crippen molar-refractivity contribution < 1.29 is 9.59 Å². The smallest absolute Gasteiger partial charge is 0.279 e. The van der Waals surface area contributed by atoms with E-state index in [1.165, 1.54) is 38.5 Å². The maximum Gasteiger partial charge on any atom is 0.316 e. The summed E-state index contributed by atoms with van der Waals surface area (Å²) in [5, 5.41) is 0. The van der Waals surface area contributed by atoms with Gasteiger partial charge in [0.15, 0.2) is 0 Å². The van der Waals surface area contributed by atoms with Gasteiger partial charge in [-0.05, 0) is 113 Å². The topological polar surface area (TPSA) is 40.6 Å². The molecule has 8 bridgehead atoms. The van der Waals surface area contributed by atoms with Crippen molar-refractivity contribution in [2.45, 2.75) is 92.7 Å². The third-order valence-corrected chi connectivity index (χ3v) is 10.8. The van der Waals surface area contributed by atoms with Crippen molar-refractivity contribution in [3.8, 4) is 0 Å². The second kappa shape index (κ2) is 5.46. The number of carbonyl (C=O) groups excluding carboxylic acids is 2. The summed E-state index contributed by atoms with van der Waals surface area (Å²) in [6.07, 6.45) is 13.6. The van der Waals surface area contributed by atoms with Gasteiger partial charge in [-0.2, -0.15) is 0 Å². The van der Waals surface area contributed by atoms with E-state index in [-0.39, 0.29) is 11.1 Å². The van der Waals surface area contributed by atoms with Crippen LogP contribution in [0.1, 0.15) is 77.0 Å². The van der Waals surface area contributed by atoms with E-state index in [1.54, 1.807) is 9.80 Å². The fourth-order valence-corrected chi connectivity index (χ4v) is 11.2. The average molecular weight is 437 g/mol. The van der Waals surface area contributed by atoms with Crippen LogP contribution in [0.4, 0.5) is 0 Å². The molecule has 0 unspecified atom stereocenters. The average Bonchev–Trinajstić information content (AvgIpc) is 2.77. The van der Waals surface area contributed by atoms with E-state index < -0.39 is 16.4 Å². The molecule has 158 valence electrons. The summed E-state index contributed by atoms with van der Waals surface area (Å²) in [5.41, 5.74) is -0.607. The van der Waals surface area contributed by atoms with E-state index in [1.807, 2.05) is 0 Å². The minimum Gasteiger partial charge on any atom is -0.279 e. The highest BCUT2D eigenvalue weighted by Gasteiger charge is 2.70. The monoisotopic (exact) mass is 436 g/mol. The van der Waals surface area contributed by atoms with Crippen LogP contribution in [0.15, 0.2) is 0 Å². The first-order valence-corrected chi connectivity index (χ1v) is 12.6. The Bertz CT molecular complexity index is 674. The third kappa shape index (κ3) is 2.24. The summed E-state index contributed by atoms with van der Waals surface area (Å²) in [7, 11) is 0.